The van der Waals surface area contributed by atoms with E-state index in [0.29, 0.717) is 5.75 Å². The van der Waals surface area contributed by atoms with Crippen molar-refractivity contribution in [1.82, 2.24) is 5.32 Å². The molecule has 0 aromatic heterocycles. The van der Waals surface area contributed by atoms with Gasteiger partial charge in [0.1, 0.15) is 12.4 Å². The monoisotopic (exact) mass is 366 g/mol. The Bertz CT molecular complexity index is 772. The van der Waals surface area contributed by atoms with Gasteiger partial charge in [-0.3, -0.25) is 0 Å². The molecule has 0 heterocycles. The smallest absolute Gasteiger partial charge is 0.319 e. The van der Waals surface area contributed by atoms with E-state index in [2.05, 4.69) is 31.4 Å². The van der Waals surface area contributed by atoms with Crippen LogP contribution in [-0.2, 0) is 5.41 Å². The zero-order chi connectivity index (χ0) is 19.3. The molecule has 2 aromatic carbocycles. The van der Waals surface area contributed by atoms with Gasteiger partial charge in [-0.15, -0.1) is 0 Å². The lowest BCUT2D eigenvalue weighted by atomic mass is 9.87. The summed E-state index contributed by atoms with van der Waals surface area (Å²) in [7, 11) is 0. The van der Waals surface area contributed by atoms with Gasteiger partial charge in [0.2, 0.25) is 0 Å². The SMILES string of the molecule is CC(C)(C)c1ccc(OCCNC(=O)Nc2ccc(F)c(F)c2F)cc1. The lowest BCUT2D eigenvalue weighted by Crippen LogP contribution is -2.32. The van der Waals surface area contributed by atoms with Gasteiger partial charge in [0, 0.05) is 0 Å². The number of amides is 2. The summed E-state index contributed by atoms with van der Waals surface area (Å²) in [6.07, 6.45) is 0. The average molecular weight is 366 g/mol. The number of hydrogen-bond acceptors (Lipinski definition) is 2. The predicted octanol–water partition coefficient (Wildman–Crippen LogP) is 4.60. The van der Waals surface area contributed by atoms with Crippen LogP contribution in [0.2, 0.25) is 0 Å². The molecular formula is C19H21F3N2O2. The number of benzene rings is 2. The summed E-state index contributed by atoms with van der Waals surface area (Å²) in [6, 6.07) is 8.57. The predicted molar refractivity (Wildman–Crippen MR) is 94.0 cm³/mol. The Hall–Kier alpha value is -2.70. The lowest BCUT2D eigenvalue weighted by Gasteiger charge is -2.19. The number of carbonyl (C=O) groups is 1. The summed E-state index contributed by atoms with van der Waals surface area (Å²) in [5.74, 6) is -3.74. The van der Waals surface area contributed by atoms with Gasteiger partial charge in [-0.05, 0) is 35.2 Å². The van der Waals surface area contributed by atoms with E-state index in [9.17, 15) is 18.0 Å². The number of hydrogen-bond donors (Lipinski definition) is 2. The van der Waals surface area contributed by atoms with Crippen molar-refractivity contribution in [1.29, 1.82) is 0 Å². The van der Waals surface area contributed by atoms with Gasteiger partial charge in [0.15, 0.2) is 17.5 Å². The van der Waals surface area contributed by atoms with Crippen molar-refractivity contribution in [2.45, 2.75) is 26.2 Å². The summed E-state index contributed by atoms with van der Waals surface area (Å²) < 4.78 is 44.9. The van der Waals surface area contributed by atoms with Gasteiger partial charge in [-0.2, -0.15) is 0 Å². The molecule has 0 radical (unpaired) electrons. The molecular weight excluding hydrogens is 345 g/mol. The minimum atomic E-state index is -1.63. The van der Waals surface area contributed by atoms with E-state index in [1.165, 1.54) is 5.56 Å². The minimum Gasteiger partial charge on any atom is -0.492 e. The van der Waals surface area contributed by atoms with Crippen LogP contribution in [0.3, 0.4) is 0 Å². The molecule has 0 saturated heterocycles. The molecule has 0 aliphatic heterocycles. The quantitative estimate of drug-likeness (QED) is 0.600. The second-order valence-electron chi connectivity index (χ2n) is 6.73. The lowest BCUT2D eigenvalue weighted by molar-refractivity contribution is 0.247. The number of nitrogens with one attached hydrogen (secondary N) is 2. The molecule has 0 spiro atoms. The van der Waals surface area contributed by atoms with E-state index in [1.54, 1.807) is 0 Å². The molecule has 0 aliphatic rings. The fourth-order valence-corrected chi connectivity index (χ4v) is 2.17. The van der Waals surface area contributed by atoms with Gasteiger partial charge < -0.3 is 15.4 Å². The first kappa shape index (κ1) is 19.6. The van der Waals surface area contributed by atoms with Gasteiger partial charge in [0.05, 0.1) is 12.2 Å². The molecule has 2 N–H and O–H groups in total. The standard InChI is InChI=1S/C19H21F3N2O2/c1-19(2,3)12-4-6-13(7-5-12)26-11-10-23-18(25)24-15-9-8-14(20)16(21)17(15)22/h4-9H,10-11H2,1-3H3,(H2,23,24,25). The number of urea groups is 1. The number of anilines is 1. The largest absolute Gasteiger partial charge is 0.492 e. The molecule has 0 atom stereocenters. The van der Waals surface area contributed by atoms with Gasteiger partial charge >= 0.3 is 6.03 Å². The van der Waals surface area contributed by atoms with E-state index in [-0.39, 0.29) is 18.6 Å². The fourth-order valence-electron chi connectivity index (χ4n) is 2.17. The number of ether oxygens (including phenoxy) is 1. The van der Waals surface area contributed by atoms with E-state index < -0.39 is 29.2 Å². The Kier molecular flexibility index (Phi) is 6.13. The summed E-state index contributed by atoms with van der Waals surface area (Å²) >= 11 is 0. The minimum absolute atomic E-state index is 0.0489. The van der Waals surface area contributed by atoms with E-state index in [1.807, 2.05) is 24.3 Å². The van der Waals surface area contributed by atoms with Crippen LogP contribution in [0.25, 0.3) is 0 Å². The Balaban J connectivity index is 1.78. The van der Waals surface area contributed by atoms with Crippen LogP contribution >= 0.6 is 0 Å². The van der Waals surface area contributed by atoms with E-state index in [0.717, 1.165) is 12.1 Å². The maximum absolute atomic E-state index is 13.5. The highest BCUT2D eigenvalue weighted by Crippen LogP contribution is 2.24. The molecule has 7 heteroatoms. The zero-order valence-corrected chi connectivity index (χ0v) is 14.8. The highest BCUT2D eigenvalue weighted by atomic mass is 19.2. The first-order valence-corrected chi connectivity index (χ1v) is 8.10. The van der Waals surface area contributed by atoms with Crippen molar-refractivity contribution in [3.63, 3.8) is 0 Å². The van der Waals surface area contributed by atoms with Crippen LogP contribution in [0.4, 0.5) is 23.7 Å². The summed E-state index contributed by atoms with van der Waals surface area (Å²) in [6.45, 7) is 6.68. The second kappa shape index (κ2) is 8.12. The fraction of sp³-hybridized carbons (Fsp3) is 0.316. The second-order valence-corrected chi connectivity index (χ2v) is 6.73. The maximum Gasteiger partial charge on any atom is 0.319 e. The van der Waals surface area contributed by atoms with Crippen molar-refractivity contribution in [2.75, 3.05) is 18.5 Å². The van der Waals surface area contributed by atoms with Crippen molar-refractivity contribution in [3.05, 3.63) is 59.4 Å². The van der Waals surface area contributed by atoms with Crippen LogP contribution in [0.5, 0.6) is 5.75 Å². The number of halogens is 3. The van der Waals surface area contributed by atoms with Gasteiger partial charge in [-0.1, -0.05) is 32.9 Å². The van der Waals surface area contributed by atoms with E-state index >= 15 is 0 Å². The van der Waals surface area contributed by atoms with Crippen LogP contribution < -0.4 is 15.4 Å². The normalized spacial score (nSPS) is 11.2. The summed E-state index contributed by atoms with van der Waals surface area (Å²) in [5.41, 5.74) is 0.781. The Labute approximate surface area is 150 Å². The zero-order valence-electron chi connectivity index (χ0n) is 14.8. The third kappa shape index (κ3) is 5.15. The average Bonchev–Trinajstić information content (AvgIpc) is 2.59. The number of carbonyl (C=O) groups excluding carboxylic acids is 1. The Morgan fingerprint density at radius 3 is 2.27 bits per heavy atom. The number of rotatable bonds is 5. The molecule has 26 heavy (non-hydrogen) atoms. The summed E-state index contributed by atoms with van der Waals surface area (Å²) in [4.78, 5) is 11.7. The van der Waals surface area contributed by atoms with Crippen LogP contribution in [0.1, 0.15) is 26.3 Å². The van der Waals surface area contributed by atoms with Gasteiger partial charge in [0.25, 0.3) is 0 Å². The highest BCUT2D eigenvalue weighted by Gasteiger charge is 2.15. The highest BCUT2D eigenvalue weighted by molar-refractivity contribution is 5.89. The van der Waals surface area contributed by atoms with Gasteiger partial charge in [-0.25, -0.2) is 18.0 Å². The van der Waals surface area contributed by atoms with Crippen molar-refractivity contribution in [3.8, 4) is 5.75 Å². The van der Waals surface area contributed by atoms with E-state index in [4.69, 9.17) is 4.74 Å². The molecule has 0 fully saturated rings. The molecule has 4 nitrogen and oxygen atoms in total. The molecule has 0 saturated carbocycles. The molecule has 2 aromatic rings. The van der Waals surface area contributed by atoms with Crippen molar-refractivity contribution < 1.29 is 22.7 Å². The van der Waals surface area contributed by atoms with Crippen molar-refractivity contribution in [2.24, 2.45) is 0 Å². The van der Waals surface area contributed by atoms with Crippen LogP contribution in [0.15, 0.2) is 36.4 Å². The molecule has 140 valence electrons. The topological polar surface area (TPSA) is 50.4 Å². The third-order valence-corrected chi connectivity index (χ3v) is 3.66. The van der Waals surface area contributed by atoms with Crippen molar-refractivity contribution >= 4 is 11.7 Å². The first-order chi connectivity index (χ1) is 12.2. The maximum atomic E-state index is 13.5. The van der Waals surface area contributed by atoms with Crippen LogP contribution in [0, 0.1) is 17.5 Å². The Morgan fingerprint density at radius 2 is 1.65 bits per heavy atom. The molecule has 0 aliphatic carbocycles. The Morgan fingerprint density at radius 1 is 1.00 bits per heavy atom. The first-order valence-electron chi connectivity index (χ1n) is 8.10. The molecule has 0 unspecified atom stereocenters. The van der Waals surface area contributed by atoms with Crippen LogP contribution in [-0.4, -0.2) is 19.2 Å². The molecule has 2 amide bonds. The molecule has 0 bridgehead atoms. The third-order valence-electron chi connectivity index (χ3n) is 3.66. The summed E-state index contributed by atoms with van der Waals surface area (Å²) in [5, 5.41) is 4.55. The molecule has 2 rings (SSSR count).